The van der Waals surface area contributed by atoms with Gasteiger partial charge in [-0.25, -0.2) is 5.84 Å². The van der Waals surface area contributed by atoms with Crippen molar-refractivity contribution in [3.8, 4) is 0 Å². The summed E-state index contributed by atoms with van der Waals surface area (Å²) in [6.45, 7) is 0.0652. The van der Waals surface area contributed by atoms with E-state index in [4.69, 9.17) is 11.3 Å². The van der Waals surface area contributed by atoms with E-state index in [1.807, 2.05) is 48.2 Å². The van der Waals surface area contributed by atoms with E-state index in [1.54, 1.807) is 0 Å². The molecule has 0 unspecified atom stereocenters. The van der Waals surface area contributed by atoms with Gasteiger partial charge in [0.15, 0.2) is 5.78 Å². The van der Waals surface area contributed by atoms with Crippen LogP contribution in [-0.4, -0.2) is 37.3 Å². The first-order valence-corrected chi connectivity index (χ1v) is 5.97. The molecule has 19 heavy (non-hydrogen) atoms. The van der Waals surface area contributed by atoms with Crippen molar-refractivity contribution in [3.05, 3.63) is 35.7 Å². The Labute approximate surface area is 111 Å². The molecule has 0 spiro atoms. The first-order valence-electron chi connectivity index (χ1n) is 5.97. The largest absolute Gasteiger partial charge is 0.328 e. The van der Waals surface area contributed by atoms with Crippen LogP contribution in [0.2, 0.25) is 0 Å². The highest BCUT2D eigenvalue weighted by atomic mass is 16.1. The van der Waals surface area contributed by atoms with E-state index in [-0.39, 0.29) is 18.2 Å². The van der Waals surface area contributed by atoms with Gasteiger partial charge in [0.2, 0.25) is 0 Å². The number of nitrogens with two attached hydrogens (primary N) is 1. The van der Waals surface area contributed by atoms with Gasteiger partial charge in [0, 0.05) is 14.1 Å². The molecular weight excluding hydrogens is 242 g/mol. The fraction of sp³-hybridized carbons (Fsp3) is 0.231. The summed E-state index contributed by atoms with van der Waals surface area (Å²) in [6.07, 6.45) is 0. The number of ketones is 1. The lowest BCUT2D eigenvalue weighted by molar-refractivity contribution is -0.114. The summed E-state index contributed by atoms with van der Waals surface area (Å²) in [5.41, 5.74) is 2.41. The van der Waals surface area contributed by atoms with Gasteiger partial charge in [0.1, 0.15) is 17.2 Å². The molecule has 0 saturated carbocycles. The molecule has 3 rings (SSSR count). The van der Waals surface area contributed by atoms with Gasteiger partial charge in [-0.1, -0.05) is 12.1 Å². The number of Topliss-reactive ketones (excluding diaryl/α,β-unsaturated/α-hetero) is 1. The molecule has 6 heteroatoms. The summed E-state index contributed by atoms with van der Waals surface area (Å²) in [7, 11) is 3.79. The second kappa shape index (κ2) is 3.83. The number of fused-ring (bicyclic) bond motifs is 1. The van der Waals surface area contributed by atoms with Gasteiger partial charge in [-0.2, -0.15) is 0 Å². The van der Waals surface area contributed by atoms with Gasteiger partial charge in [0.25, 0.3) is 0 Å². The molecule has 1 aromatic carbocycles. The van der Waals surface area contributed by atoms with Gasteiger partial charge in [0.05, 0.1) is 17.9 Å². The van der Waals surface area contributed by atoms with E-state index in [0.717, 1.165) is 11.4 Å². The standard InChI is InChI=1S/C13H15N5O/c1-16-8-5-3-4-6-9(8)17(2)13(16)11-10(19)7-18(15)12(11)14/h3-6,14H,7,15H2,1-2H3. The van der Waals surface area contributed by atoms with Gasteiger partial charge in [-0.15, -0.1) is 0 Å². The van der Waals surface area contributed by atoms with Crippen LogP contribution in [0.25, 0.3) is 0 Å². The normalized spacial score (nSPS) is 18.8. The fourth-order valence-corrected chi connectivity index (χ4v) is 2.64. The first-order chi connectivity index (χ1) is 9.02. The van der Waals surface area contributed by atoms with Crippen LogP contribution in [0.1, 0.15) is 0 Å². The average molecular weight is 257 g/mol. The molecule has 0 aromatic heterocycles. The summed E-state index contributed by atoms with van der Waals surface area (Å²) in [5.74, 6) is 6.31. The van der Waals surface area contributed by atoms with Crippen LogP contribution >= 0.6 is 0 Å². The van der Waals surface area contributed by atoms with Crippen LogP contribution < -0.4 is 15.6 Å². The molecular formula is C13H15N5O. The maximum Gasteiger partial charge on any atom is 0.191 e. The van der Waals surface area contributed by atoms with Crippen molar-refractivity contribution in [2.45, 2.75) is 0 Å². The number of anilines is 2. The van der Waals surface area contributed by atoms with E-state index in [9.17, 15) is 4.79 Å². The van der Waals surface area contributed by atoms with Crippen LogP contribution in [0.5, 0.6) is 0 Å². The lowest BCUT2D eigenvalue weighted by Crippen LogP contribution is -2.33. The van der Waals surface area contributed by atoms with Gasteiger partial charge < -0.3 is 9.80 Å². The van der Waals surface area contributed by atoms with Crippen LogP contribution in [-0.2, 0) is 4.79 Å². The Morgan fingerprint density at radius 2 is 1.68 bits per heavy atom. The molecule has 0 amide bonds. The molecule has 1 saturated heterocycles. The number of amidine groups is 1. The number of carbonyl (C=O) groups excluding carboxylic acids is 1. The minimum absolute atomic E-state index is 0.0652. The molecule has 2 heterocycles. The minimum atomic E-state index is -0.117. The third-order valence-corrected chi connectivity index (χ3v) is 3.58. The second-order valence-corrected chi connectivity index (χ2v) is 4.71. The molecule has 98 valence electrons. The van der Waals surface area contributed by atoms with E-state index >= 15 is 0 Å². The minimum Gasteiger partial charge on any atom is -0.328 e. The zero-order valence-corrected chi connectivity index (χ0v) is 10.8. The predicted octanol–water partition coefficient (Wildman–Crippen LogP) is 0.520. The van der Waals surface area contributed by atoms with E-state index < -0.39 is 0 Å². The molecule has 0 radical (unpaired) electrons. The van der Waals surface area contributed by atoms with E-state index in [0.29, 0.717) is 11.4 Å². The zero-order chi connectivity index (χ0) is 13.7. The first kappa shape index (κ1) is 11.7. The lowest BCUT2D eigenvalue weighted by Gasteiger charge is -2.20. The van der Waals surface area contributed by atoms with Crippen molar-refractivity contribution < 1.29 is 4.79 Å². The number of hydrogen-bond acceptors (Lipinski definition) is 5. The number of hydrogen-bond donors (Lipinski definition) is 2. The van der Waals surface area contributed by atoms with Crippen molar-refractivity contribution in [1.29, 1.82) is 5.41 Å². The molecule has 2 aliphatic heterocycles. The van der Waals surface area contributed by atoms with Crippen LogP contribution in [0.15, 0.2) is 35.7 Å². The quantitative estimate of drug-likeness (QED) is 0.523. The molecule has 1 aromatic rings. The van der Waals surface area contributed by atoms with Crippen molar-refractivity contribution in [1.82, 2.24) is 5.01 Å². The van der Waals surface area contributed by atoms with E-state index in [1.165, 1.54) is 5.01 Å². The number of para-hydroxylation sites is 2. The molecule has 3 N–H and O–H groups in total. The van der Waals surface area contributed by atoms with Crippen molar-refractivity contribution in [2.24, 2.45) is 5.84 Å². The fourth-order valence-electron chi connectivity index (χ4n) is 2.64. The topological polar surface area (TPSA) is 76.7 Å². The highest BCUT2D eigenvalue weighted by Gasteiger charge is 2.38. The molecule has 6 nitrogen and oxygen atoms in total. The molecule has 0 atom stereocenters. The Balaban J connectivity index is 2.19. The summed E-state index contributed by atoms with van der Waals surface area (Å²) in [6, 6.07) is 7.88. The highest BCUT2D eigenvalue weighted by Crippen LogP contribution is 2.41. The van der Waals surface area contributed by atoms with Crippen LogP contribution in [0.4, 0.5) is 11.4 Å². The monoisotopic (exact) mass is 257 g/mol. The van der Waals surface area contributed by atoms with Gasteiger partial charge >= 0.3 is 0 Å². The number of nitrogens with one attached hydrogen (secondary N) is 1. The molecule has 2 aliphatic rings. The zero-order valence-electron chi connectivity index (χ0n) is 10.8. The third-order valence-electron chi connectivity index (χ3n) is 3.58. The smallest absolute Gasteiger partial charge is 0.191 e. The van der Waals surface area contributed by atoms with Crippen molar-refractivity contribution >= 4 is 23.0 Å². The van der Waals surface area contributed by atoms with E-state index in [2.05, 4.69) is 0 Å². The summed E-state index contributed by atoms with van der Waals surface area (Å²) < 4.78 is 0. The maximum absolute atomic E-state index is 12.1. The summed E-state index contributed by atoms with van der Waals surface area (Å²) in [5, 5.41) is 9.14. The number of benzene rings is 1. The predicted molar refractivity (Wildman–Crippen MR) is 73.9 cm³/mol. The Kier molecular flexibility index (Phi) is 2.36. The lowest BCUT2D eigenvalue weighted by atomic mass is 10.2. The highest BCUT2D eigenvalue weighted by molar-refractivity contribution is 6.27. The third kappa shape index (κ3) is 1.47. The van der Waals surface area contributed by atoms with Gasteiger partial charge in [-0.05, 0) is 12.1 Å². The Bertz CT molecular complexity index is 590. The number of nitrogens with zero attached hydrogens (tertiary/aromatic N) is 3. The number of hydrazine groups is 1. The van der Waals surface area contributed by atoms with Crippen molar-refractivity contribution in [2.75, 3.05) is 30.4 Å². The van der Waals surface area contributed by atoms with Gasteiger partial charge in [-0.3, -0.25) is 15.2 Å². The Morgan fingerprint density at radius 3 is 2.11 bits per heavy atom. The molecule has 0 bridgehead atoms. The SMILES string of the molecule is CN1C(=C2C(=N)N(N)CC2=O)N(C)c2ccccc21. The number of carbonyl (C=O) groups is 1. The Morgan fingerprint density at radius 1 is 1.16 bits per heavy atom. The molecule has 0 aliphatic carbocycles. The second-order valence-electron chi connectivity index (χ2n) is 4.71. The maximum atomic E-state index is 12.1. The Hall–Kier alpha value is -2.34. The van der Waals surface area contributed by atoms with Crippen LogP contribution in [0.3, 0.4) is 0 Å². The molecule has 1 fully saturated rings. The van der Waals surface area contributed by atoms with Crippen molar-refractivity contribution in [3.63, 3.8) is 0 Å². The summed E-state index contributed by atoms with van der Waals surface area (Å²) in [4.78, 5) is 15.9. The summed E-state index contributed by atoms with van der Waals surface area (Å²) >= 11 is 0. The average Bonchev–Trinajstić information content (AvgIpc) is 2.78. The van der Waals surface area contributed by atoms with Crippen LogP contribution in [0, 0.1) is 5.41 Å². The number of rotatable bonds is 0.